The maximum atomic E-state index is 10.6. The molecule has 0 bridgehead atoms. The third kappa shape index (κ3) is 5.12. The Morgan fingerprint density at radius 3 is 2.61 bits per heavy atom. The third-order valence-electron chi connectivity index (χ3n) is 4.96. The topological polar surface area (TPSA) is 93.0 Å². The van der Waals surface area contributed by atoms with Crippen LogP contribution < -0.4 is 0 Å². The summed E-state index contributed by atoms with van der Waals surface area (Å²) in [6.45, 7) is 2.68. The van der Waals surface area contributed by atoms with Crippen molar-refractivity contribution in [1.82, 2.24) is 19.7 Å². The van der Waals surface area contributed by atoms with Crippen LogP contribution >= 0.6 is 0 Å². The first-order valence-electron chi connectivity index (χ1n) is 9.29. The number of aromatic amines is 1. The van der Waals surface area contributed by atoms with Gasteiger partial charge in [-0.05, 0) is 38.0 Å². The molecule has 1 saturated heterocycles. The average molecular weight is 400 g/mol. The van der Waals surface area contributed by atoms with Gasteiger partial charge in [-0.3, -0.25) is 0 Å². The minimum atomic E-state index is -5.08. The number of imidazole rings is 1. The van der Waals surface area contributed by atoms with E-state index in [0.29, 0.717) is 11.8 Å². The minimum Gasteiger partial charge on any atom is -0.475 e. The molecule has 1 fully saturated rings. The summed E-state index contributed by atoms with van der Waals surface area (Å²) in [4.78, 5) is 17.2. The zero-order valence-electron chi connectivity index (χ0n) is 15.3. The molecular formula is C18H23F3N4O3. The molecule has 28 heavy (non-hydrogen) atoms. The average Bonchev–Trinajstić information content (AvgIpc) is 3.25. The van der Waals surface area contributed by atoms with E-state index in [9.17, 15) is 13.2 Å². The molecule has 1 aliphatic carbocycles. The maximum Gasteiger partial charge on any atom is 0.490 e. The first kappa shape index (κ1) is 20.4. The van der Waals surface area contributed by atoms with Crippen LogP contribution in [-0.4, -0.2) is 50.2 Å². The van der Waals surface area contributed by atoms with Gasteiger partial charge in [0.15, 0.2) is 5.65 Å². The van der Waals surface area contributed by atoms with Gasteiger partial charge in [-0.1, -0.05) is 12.2 Å². The van der Waals surface area contributed by atoms with Crippen molar-refractivity contribution in [2.75, 3.05) is 13.2 Å². The molecule has 0 aromatic carbocycles. The number of aliphatic carboxylic acids is 1. The van der Waals surface area contributed by atoms with Crippen LogP contribution in [0.3, 0.4) is 0 Å². The van der Waals surface area contributed by atoms with E-state index in [-0.39, 0.29) is 0 Å². The van der Waals surface area contributed by atoms with Crippen LogP contribution in [0.25, 0.3) is 11.2 Å². The Balaban J connectivity index is 0.000000279. The highest BCUT2D eigenvalue weighted by atomic mass is 19.4. The van der Waals surface area contributed by atoms with Crippen LogP contribution in [0.4, 0.5) is 13.2 Å². The van der Waals surface area contributed by atoms with Crippen LogP contribution in [0.15, 0.2) is 18.3 Å². The lowest BCUT2D eigenvalue weighted by molar-refractivity contribution is -0.192. The number of carboxylic acids is 1. The minimum absolute atomic E-state index is 0.511. The van der Waals surface area contributed by atoms with E-state index in [1.165, 1.54) is 19.3 Å². The van der Waals surface area contributed by atoms with Crippen LogP contribution in [0.5, 0.6) is 0 Å². The van der Waals surface area contributed by atoms with Gasteiger partial charge in [0.2, 0.25) is 0 Å². The molecular weight excluding hydrogens is 377 g/mol. The van der Waals surface area contributed by atoms with Gasteiger partial charge in [-0.15, -0.1) is 0 Å². The second-order valence-corrected chi connectivity index (χ2v) is 7.03. The van der Waals surface area contributed by atoms with Crippen molar-refractivity contribution in [3.05, 3.63) is 24.2 Å². The van der Waals surface area contributed by atoms with Gasteiger partial charge in [0.1, 0.15) is 11.3 Å². The summed E-state index contributed by atoms with van der Waals surface area (Å²) in [6.07, 6.45) is 7.17. The van der Waals surface area contributed by atoms with E-state index in [2.05, 4.69) is 26.9 Å². The van der Waals surface area contributed by atoms with Gasteiger partial charge in [0, 0.05) is 25.7 Å². The number of halogens is 3. The monoisotopic (exact) mass is 400 g/mol. The molecule has 7 nitrogen and oxygen atoms in total. The SMILES string of the molecule is C1=CCC(Cn2ncc3[nH]c(C4CCOCC4)nc32)CC1.O=C(O)C(F)(F)F. The van der Waals surface area contributed by atoms with Gasteiger partial charge in [0.05, 0.1) is 6.20 Å². The van der Waals surface area contributed by atoms with Gasteiger partial charge in [0.25, 0.3) is 0 Å². The fourth-order valence-electron chi connectivity index (χ4n) is 3.43. The number of alkyl halides is 3. The third-order valence-corrected chi connectivity index (χ3v) is 4.96. The van der Waals surface area contributed by atoms with E-state index in [1.54, 1.807) is 0 Å². The molecule has 0 spiro atoms. The largest absolute Gasteiger partial charge is 0.490 e. The fourth-order valence-corrected chi connectivity index (χ4v) is 3.43. The summed E-state index contributed by atoms with van der Waals surface area (Å²) in [7, 11) is 0. The number of fused-ring (bicyclic) bond motifs is 1. The first-order chi connectivity index (χ1) is 13.3. The molecule has 2 N–H and O–H groups in total. The molecule has 1 aliphatic heterocycles. The maximum absolute atomic E-state index is 10.6. The molecule has 0 radical (unpaired) electrons. The molecule has 1 unspecified atom stereocenters. The summed E-state index contributed by atoms with van der Waals surface area (Å²) in [5, 5.41) is 11.6. The number of nitrogens with zero attached hydrogens (tertiary/aromatic N) is 3. The van der Waals surface area contributed by atoms with Gasteiger partial charge in [-0.25, -0.2) is 14.5 Å². The number of hydrogen-bond donors (Lipinski definition) is 2. The van der Waals surface area contributed by atoms with Crippen LogP contribution in [0.2, 0.25) is 0 Å². The second kappa shape index (κ2) is 8.76. The lowest BCUT2D eigenvalue weighted by Gasteiger charge is -2.20. The van der Waals surface area contributed by atoms with E-state index >= 15 is 0 Å². The number of rotatable bonds is 3. The van der Waals surface area contributed by atoms with Crippen molar-refractivity contribution in [3.63, 3.8) is 0 Å². The first-order valence-corrected chi connectivity index (χ1v) is 9.29. The summed E-state index contributed by atoms with van der Waals surface area (Å²) in [5.41, 5.74) is 2.09. The molecule has 2 aromatic heterocycles. The molecule has 4 rings (SSSR count). The Kier molecular flexibility index (Phi) is 6.38. The fraction of sp³-hybridized carbons (Fsp3) is 0.611. The van der Waals surface area contributed by atoms with Gasteiger partial charge >= 0.3 is 12.1 Å². The van der Waals surface area contributed by atoms with Crippen molar-refractivity contribution in [3.8, 4) is 0 Å². The van der Waals surface area contributed by atoms with Crippen molar-refractivity contribution in [1.29, 1.82) is 0 Å². The molecule has 3 heterocycles. The Labute approximate surface area is 159 Å². The van der Waals surface area contributed by atoms with Crippen LogP contribution in [-0.2, 0) is 16.1 Å². The molecule has 0 saturated carbocycles. The standard InChI is InChI=1S/C16H22N4O.C2HF3O2/c1-2-4-12(5-3-1)11-20-16-14(10-17-20)18-15(19-16)13-6-8-21-9-7-13;3-2(4,5)1(6)7/h1-2,10,12-13H,3-9,11H2,(H,18,19);(H,6,7). The molecule has 154 valence electrons. The van der Waals surface area contributed by atoms with E-state index < -0.39 is 12.1 Å². The number of aromatic nitrogens is 4. The molecule has 1 atom stereocenters. The normalized spacial score (nSPS) is 20.8. The van der Waals surface area contributed by atoms with Gasteiger partial charge < -0.3 is 14.8 Å². The van der Waals surface area contributed by atoms with E-state index in [1.807, 2.05) is 6.20 Å². The number of ether oxygens (including phenoxy) is 1. The van der Waals surface area contributed by atoms with Gasteiger partial charge in [-0.2, -0.15) is 18.3 Å². The summed E-state index contributed by atoms with van der Waals surface area (Å²) < 4.78 is 39.3. The Morgan fingerprint density at radius 2 is 2.00 bits per heavy atom. The number of allylic oxidation sites excluding steroid dienone is 2. The highest BCUT2D eigenvalue weighted by Gasteiger charge is 2.38. The van der Waals surface area contributed by atoms with Crippen molar-refractivity contribution in [2.45, 2.75) is 50.7 Å². The quantitative estimate of drug-likeness (QED) is 0.768. The lowest BCUT2D eigenvalue weighted by Crippen LogP contribution is -2.21. The number of hydrogen-bond acceptors (Lipinski definition) is 4. The molecule has 2 aromatic rings. The Bertz CT molecular complexity index is 822. The highest BCUT2D eigenvalue weighted by Crippen LogP contribution is 2.27. The summed E-state index contributed by atoms with van der Waals surface area (Å²) in [6, 6.07) is 0. The van der Waals surface area contributed by atoms with Crippen molar-refractivity contribution in [2.24, 2.45) is 5.92 Å². The summed E-state index contributed by atoms with van der Waals surface area (Å²) >= 11 is 0. The summed E-state index contributed by atoms with van der Waals surface area (Å²) in [5.74, 6) is -0.436. The predicted molar refractivity (Wildman–Crippen MR) is 94.8 cm³/mol. The molecule has 2 aliphatic rings. The van der Waals surface area contributed by atoms with E-state index in [0.717, 1.165) is 49.6 Å². The van der Waals surface area contributed by atoms with Crippen molar-refractivity contribution < 1.29 is 27.8 Å². The molecule has 0 amide bonds. The van der Waals surface area contributed by atoms with E-state index in [4.69, 9.17) is 19.6 Å². The number of carboxylic acid groups (broad SMARTS) is 1. The molecule has 10 heteroatoms. The Morgan fingerprint density at radius 1 is 1.29 bits per heavy atom. The second-order valence-electron chi connectivity index (χ2n) is 7.03. The van der Waals surface area contributed by atoms with Crippen LogP contribution in [0, 0.1) is 5.92 Å². The number of H-pyrrole nitrogens is 1. The lowest BCUT2D eigenvalue weighted by atomic mass is 9.94. The zero-order chi connectivity index (χ0) is 20.1. The van der Waals surface area contributed by atoms with Crippen LogP contribution in [0.1, 0.15) is 43.8 Å². The predicted octanol–water partition coefficient (Wildman–Crippen LogP) is 3.64. The van der Waals surface area contributed by atoms with Crippen molar-refractivity contribution >= 4 is 17.1 Å². The highest BCUT2D eigenvalue weighted by molar-refractivity contribution is 5.73. The zero-order valence-corrected chi connectivity index (χ0v) is 15.3. The Hall–Kier alpha value is -2.36. The smallest absolute Gasteiger partial charge is 0.475 e. The number of nitrogens with one attached hydrogen (secondary N) is 1. The number of carbonyl (C=O) groups is 1.